The van der Waals surface area contributed by atoms with Crippen molar-refractivity contribution >= 4 is 31.6 Å². The number of benzene rings is 1. The number of hydrogen-bond acceptors (Lipinski definition) is 5. The maximum absolute atomic E-state index is 13.0. The van der Waals surface area contributed by atoms with Crippen LogP contribution in [0, 0.1) is 5.41 Å². The zero-order chi connectivity index (χ0) is 18.9. The Morgan fingerprint density at radius 2 is 2.23 bits per heavy atom. The molecule has 1 aromatic rings. The molecule has 2 unspecified atom stereocenters. The molecule has 0 saturated heterocycles. The van der Waals surface area contributed by atoms with E-state index in [9.17, 15) is 13.5 Å². The summed E-state index contributed by atoms with van der Waals surface area (Å²) < 4.78 is 34.8. The minimum absolute atomic E-state index is 0.0293. The van der Waals surface area contributed by atoms with E-state index in [0.29, 0.717) is 22.3 Å². The molecule has 1 aliphatic carbocycles. The predicted molar refractivity (Wildman–Crippen MR) is 104 cm³/mol. The molecule has 3 N–H and O–H groups in total. The molecule has 8 heteroatoms. The Morgan fingerprint density at radius 1 is 1.46 bits per heavy atom. The van der Waals surface area contributed by atoms with Crippen LogP contribution >= 0.6 is 15.9 Å². The molecule has 0 aromatic heterocycles. The lowest BCUT2D eigenvalue weighted by Crippen LogP contribution is -2.25. The molecule has 142 valence electrons. The third-order valence-electron chi connectivity index (χ3n) is 4.78. The molecule has 6 nitrogen and oxygen atoms in total. The standard InChI is InChI=1S/C18H23BrN2O4S/c1-3-18(2)7-4-13(5-8-18)21-26(23,24)15-11-12(19)10-14-17(15)25-9-6-16(22)20-14/h4-5,7,10-11,16,20-22H,3,6,8-9H2,1-2H3. The van der Waals surface area contributed by atoms with Crippen molar-refractivity contribution in [1.29, 1.82) is 0 Å². The number of fused-ring (bicyclic) bond motifs is 1. The van der Waals surface area contributed by atoms with Gasteiger partial charge in [-0.25, -0.2) is 8.42 Å². The second kappa shape index (κ2) is 7.25. The van der Waals surface area contributed by atoms with E-state index in [1.807, 2.05) is 18.2 Å². The van der Waals surface area contributed by atoms with Crippen molar-refractivity contribution in [2.45, 2.75) is 44.2 Å². The summed E-state index contributed by atoms with van der Waals surface area (Å²) in [4.78, 5) is 0.0293. The summed E-state index contributed by atoms with van der Waals surface area (Å²) in [6.45, 7) is 4.48. The molecular weight excluding hydrogens is 420 g/mol. The topological polar surface area (TPSA) is 87.7 Å². The summed E-state index contributed by atoms with van der Waals surface area (Å²) in [5.74, 6) is 0.219. The molecule has 0 radical (unpaired) electrons. The van der Waals surface area contributed by atoms with Gasteiger partial charge in [0.05, 0.1) is 12.3 Å². The smallest absolute Gasteiger partial charge is 0.265 e. The average Bonchev–Trinajstić information content (AvgIpc) is 2.76. The highest BCUT2D eigenvalue weighted by atomic mass is 79.9. The Hall–Kier alpha value is -1.51. The Bertz CT molecular complexity index is 866. The van der Waals surface area contributed by atoms with E-state index in [4.69, 9.17) is 4.74 Å². The Morgan fingerprint density at radius 3 is 2.88 bits per heavy atom. The third-order valence-corrected chi connectivity index (χ3v) is 6.63. The van der Waals surface area contributed by atoms with Crippen LogP contribution in [-0.4, -0.2) is 26.4 Å². The van der Waals surface area contributed by atoms with E-state index in [0.717, 1.165) is 12.8 Å². The highest BCUT2D eigenvalue weighted by Crippen LogP contribution is 2.38. The number of anilines is 1. The fraction of sp³-hybridized carbons (Fsp3) is 0.444. The minimum atomic E-state index is -3.85. The van der Waals surface area contributed by atoms with E-state index >= 15 is 0 Å². The molecule has 1 aromatic carbocycles. The number of hydrogen-bond donors (Lipinski definition) is 3. The van der Waals surface area contributed by atoms with Crippen molar-refractivity contribution in [1.82, 2.24) is 4.72 Å². The van der Waals surface area contributed by atoms with Crippen LogP contribution in [0.4, 0.5) is 5.69 Å². The highest BCUT2D eigenvalue weighted by Gasteiger charge is 2.28. The van der Waals surface area contributed by atoms with Gasteiger partial charge in [0.15, 0.2) is 5.75 Å². The van der Waals surface area contributed by atoms with Gasteiger partial charge in [-0.2, -0.15) is 0 Å². The van der Waals surface area contributed by atoms with E-state index < -0.39 is 16.3 Å². The Kier molecular flexibility index (Phi) is 5.37. The first-order valence-electron chi connectivity index (χ1n) is 8.56. The zero-order valence-electron chi connectivity index (χ0n) is 14.8. The number of ether oxygens (including phenoxy) is 1. The Balaban J connectivity index is 1.92. The van der Waals surface area contributed by atoms with Crippen LogP contribution in [0.2, 0.25) is 0 Å². The summed E-state index contributed by atoms with van der Waals surface area (Å²) >= 11 is 3.33. The second-order valence-electron chi connectivity index (χ2n) is 6.89. The number of allylic oxidation sites excluding steroid dienone is 3. The lowest BCUT2D eigenvalue weighted by Gasteiger charge is -2.26. The minimum Gasteiger partial charge on any atom is -0.490 e. The van der Waals surface area contributed by atoms with Gasteiger partial charge < -0.3 is 15.2 Å². The summed E-state index contributed by atoms with van der Waals surface area (Å²) in [6.07, 6.45) is 7.10. The van der Waals surface area contributed by atoms with Crippen LogP contribution < -0.4 is 14.8 Å². The number of rotatable bonds is 4. The van der Waals surface area contributed by atoms with Crippen molar-refractivity contribution in [3.63, 3.8) is 0 Å². The number of nitrogens with one attached hydrogen (secondary N) is 2. The fourth-order valence-corrected chi connectivity index (χ4v) is 4.74. The second-order valence-corrected chi connectivity index (χ2v) is 9.45. The van der Waals surface area contributed by atoms with Crippen LogP contribution in [0.25, 0.3) is 0 Å². The molecule has 0 amide bonds. The summed E-state index contributed by atoms with van der Waals surface area (Å²) in [6, 6.07) is 3.19. The van der Waals surface area contributed by atoms with Gasteiger partial charge in [-0.15, -0.1) is 0 Å². The van der Waals surface area contributed by atoms with Gasteiger partial charge in [0.2, 0.25) is 0 Å². The molecule has 0 fully saturated rings. The maximum atomic E-state index is 13.0. The molecular formula is C18H23BrN2O4S. The molecule has 1 heterocycles. The first kappa shape index (κ1) is 19.3. The first-order valence-corrected chi connectivity index (χ1v) is 10.8. The Labute approximate surface area is 162 Å². The SMILES string of the molecule is CCC1(C)C=CC(NS(=O)(=O)c2cc(Br)cc3c2OCCC(O)N3)=CC1. The lowest BCUT2D eigenvalue weighted by molar-refractivity contribution is 0.170. The molecule has 3 rings (SSSR count). The number of aliphatic hydroxyl groups is 1. The fourth-order valence-electron chi connectivity index (χ4n) is 2.87. The largest absolute Gasteiger partial charge is 0.490 e. The van der Waals surface area contributed by atoms with Crippen LogP contribution in [-0.2, 0) is 10.0 Å². The van der Waals surface area contributed by atoms with Gasteiger partial charge in [0, 0.05) is 16.6 Å². The summed E-state index contributed by atoms with van der Waals surface area (Å²) in [5, 5.41) is 12.7. The van der Waals surface area contributed by atoms with Gasteiger partial charge in [0.1, 0.15) is 11.1 Å². The van der Waals surface area contributed by atoms with Crippen LogP contribution in [0.3, 0.4) is 0 Å². The van der Waals surface area contributed by atoms with Gasteiger partial charge in [-0.1, -0.05) is 41.9 Å². The third kappa shape index (κ3) is 4.07. The van der Waals surface area contributed by atoms with Crippen molar-refractivity contribution in [3.8, 4) is 5.75 Å². The number of aliphatic hydroxyl groups excluding tert-OH is 1. The molecule has 0 spiro atoms. The van der Waals surface area contributed by atoms with Gasteiger partial charge in [0.25, 0.3) is 10.0 Å². The number of halogens is 1. The van der Waals surface area contributed by atoms with Gasteiger partial charge in [-0.05, 0) is 36.5 Å². The monoisotopic (exact) mass is 442 g/mol. The average molecular weight is 443 g/mol. The van der Waals surface area contributed by atoms with E-state index in [1.165, 1.54) is 6.07 Å². The van der Waals surface area contributed by atoms with Crippen LogP contribution in [0.15, 0.2) is 45.4 Å². The molecule has 1 aliphatic heterocycles. The first-order chi connectivity index (χ1) is 12.2. The molecule has 2 atom stereocenters. The van der Waals surface area contributed by atoms with Crippen molar-refractivity contribution < 1.29 is 18.3 Å². The highest BCUT2D eigenvalue weighted by molar-refractivity contribution is 9.10. The molecule has 2 aliphatic rings. The number of sulfonamides is 1. The van der Waals surface area contributed by atoms with Crippen molar-refractivity contribution in [2.75, 3.05) is 11.9 Å². The molecule has 0 bridgehead atoms. The van der Waals surface area contributed by atoms with Crippen LogP contribution in [0.5, 0.6) is 5.75 Å². The molecule has 26 heavy (non-hydrogen) atoms. The predicted octanol–water partition coefficient (Wildman–Crippen LogP) is 3.50. The molecule has 0 saturated carbocycles. The normalized spacial score (nSPS) is 25.4. The van der Waals surface area contributed by atoms with Crippen LogP contribution in [0.1, 0.15) is 33.1 Å². The van der Waals surface area contributed by atoms with Crippen molar-refractivity contribution in [3.05, 3.63) is 40.5 Å². The van der Waals surface area contributed by atoms with E-state index in [2.05, 4.69) is 39.8 Å². The van der Waals surface area contributed by atoms with Gasteiger partial charge in [-0.3, -0.25) is 4.72 Å². The summed E-state index contributed by atoms with van der Waals surface area (Å²) in [7, 11) is -3.85. The van der Waals surface area contributed by atoms with Crippen molar-refractivity contribution in [2.24, 2.45) is 5.41 Å². The zero-order valence-corrected chi connectivity index (χ0v) is 17.2. The van der Waals surface area contributed by atoms with Gasteiger partial charge >= 0.3 is 0 Å². The maximum Gasteiger partial charge on any atom is 0.265 e. The summed E-state index contributed by atoms with van der Waals surface area (Å²) in [5.41, 5.74) is 1.05. The van der Waals surface area contributed by atoms with E-state index in [1.54, 1.807) is 6.07 Å². The lowest BCUT2D eigenvalue weighted by atomic mass is 9.81. The quantitative estimate of drug-likeness (QED) is 0.663. The van der Waals surface area contributed by atoms with E-state index in [-0.39, 0.29) is 22.7 Å².